The van der Waals surface area contributed by atoms with E-state index in [4.69, 9.17) is 10.2 Å². The first-order valence-corrected chi connectivity index (χ1v) is 8.56. The molecule has 0 saturated carbocycles. The summed E-state index contributed by atoms with van der Waals surface area (Å²) in [7, 11) is 0. The van der Waals surface area contributed by atoms with Gasteiger partial charge in [-0.05, 0) is 25.3 Å². The van der Waals surface area contributed by atoms with Crippen molar-refractivity contribution in [3.05, 3.63) is 35.9 Å². The van der Waals surface area contributed by atoms with Gasteiger partial charge in [0, 0.05) is 32.0 Å². The minimum Gasteiger partial charge on any atom is -0.465 e. The summed E-state index contributed by atoms with van der Waals surface area (Å²) in [6, 6.07) is 8.66. The van der Waals surface area contributed by atoms with Gasteiger partial charge in [0.1, 0.15) is 5.60 Å². The van der Waals surface area contributed by atoms with Crippen LogP contribution in [0.4, 0.5) is 4.79 Å². The number of aliphatic hydroxyl groups is 2. The first kappa shape index (κ1) is 19.2. The number of piperidine rings is 1. The first-order chi connectivity index (χ1) is 11.9. The molecule has 1 heterocycles. The van der Waals surface area contributed by atoms with Crippen LogP contribution in [0.1, 0.15) is 44.2 Å². The summed E-state index contributed by atoms with van der Waals surface area (Å²) in [5.41, 5.74) is -0.679. The number of hydrogen-bond donors (Lipinski definition) is 4. The number of benzene rings is 1. The minimum atomic E-state index is -1.59. The van der Waals surface area contributed by atoms with Crippen LogP contribution in [0.15, 0.2) is 30.3 Å². The van der Waals surface area contributed by atoms with Crippen LogP contribution in [0.5, 0.6) is 0 Å². The fourth-order valence-corrected chi connectivity index (χ4v) is 3.31. The van der Waals surface area contributed by atoms with Gasteiger partial charge in [-0.15, -0.1) is 0 Å². The molecule has 7 heteroatoms. The number of rotatable bonds is 6. The molecular weight excluding hydrogens is 324 g/mol. The maximum atomic E-state index is 12.7. The van der Waals surface area contributed by atoms with Gasteiger partial charge < -0.3 is 25.5 Å². The van der Waals surface area contributed by atoms with Crippen molar-refractivity contribution in [3.8, 4) is 0 Å². The Hall–Kier alpha value is -2.12. The molecule has 2 rings (SSSR count). The van der Waals surface area contributed by atoms with E-state index in [1.807, 2.05) is 30.3 Å². The van der Waals surface area contributed by atoms with E-state index in [0.717, 1.165) is 5.56 Å². The number of hydrogen-bond acceptors (Lipinski definition) is 4. The van der Waals surface area contributed by atoms with Gasteiger partial charge >= 0.3 is 6.09 Å². The number of aliphatic hydroxyl groups excluding tert-OH is 1. The maximum absolute atomic E-state index is 12.7. The summed E-state index contributed by atoms with van der Waals surface area (Å²) in [4.78, 5) is 25.1. The summed E-state index contributed by atoms with van der Waals surface area (Å²) in [6.45, 7) is 1.83. The standard InChI is InChI=1S/C18H26N2O5/c1-13-12-18(25,9-10-20(13)17(23)24)16(22)19-15(8-5-11-21)14-6-3-2-4-7-14/h2-4,6-7,13,15,21,25H,5,8-12H2,1H3,(H,19,22)(H,23,24). The normalized spacial score (nSPS) is 24.6. The Labute approximate surface area is 147 Å². The number of amides is 2. The number of nitrogens with one attached hydrogen (secondary N) is 1. The van der Waals surface area contributed by atoms with Gasteiger partial charge in [-0.2, -0.15) is 0 Å². The monoisotopic (exact) mass is 350 g/mol. The molecule has 1 aromatic rings. The first-order valence-electron chi connectivity index (χ1n) is 8.56. The second-order valence-corrected chi connectivity index (χ2v) is 6.61. The highest BCUT2D eigenvalue weighted by Crippen LogP contribution is 2.29. The Morgan fingerprint density at radius 2 is 2.04 bits per heavy atom. The van der Waals surface area contributed by atoms with Crippen LogP contribution in [0.2, 0.25) is 0 Å². The highest BCUT2D eigenvalue weighted by Gasteiger charge is 2.44. The van der Waals surface area contributed by atoms with Crippen molar-refractivity contribution in [2.45, 2.75) is 50.3 Å². The van der Waals surface area contributed by atoms with Gasteiger partial charge in [0.25, 0.3) is 5.91 Å². The lowest BCUT2D eigenvalue weighted by atomic mass is 9.85. The molecule has 0 aromatic heterocycles. The SMILES string of the molecule is CC1CC(O)(C(=O)NC(CCCO)c2ccccc2)CCN1C(=O)O. The molecule has 138 valence electrons. The van der Waals surface area contributed by atoms with E-state index in [1.54, 1.807) is 6.92 Å². The van der Waals surface area contributed by atoms with E-state index in [1.165, 1.54) is 4.90 Å². The van der Waals surface area contributed by atoms with Crippen molar-refractivity contribution in [3.63, 3.8) is 0 Å². The number of likely N-dealkylation sites (tertiary alicyclic amines) is 1. The largest absolute Gasteiger partial charge is 0.465 e. The van der Waals surface area contributed by atoms with Crippen molar-refractivity contribution in [1.82, 2.24) is 10.2 Å². The molecule has 0 spiro atoms. The van der Waals surface area contributed by atoms with Crippen LogP contribution < -0.4 is 5.32 Å². The average molecular weight is 350 g/mol. The van der Waals surface area contributed by atoms with Crippen molar-refractivity contribution < 1.29 is 24.9 Å². The lowest BCUT2D eigenvalue weighted by Gasteiger charge is -2.40. The Morgan fingerprint density at radius 1 is 1.36 bits per heavy atom. The third-order valence-corrected chi connectivity index (χ3v) is 4.76. The molecule has 0 radical (unpaired) electrons. The van der Waals surface area contributed by atoms with Gasteiger partial charge in [-0.3, -0.25) is 4.79 Å². The Bertz CT molecular complexity index is 594. The van der Waals surface area contributed by atoms with Gasteiger partial charge in [0.05, 0.1) is 6.04 Å². The van der Waals surface area contributed by atoms with Crippen LogP contribution in [0.25, 0.3) is 0 Å². The summed E-state index contributed by atoms with van der Waals surface area (Å²) in [5.74, 6) is -0.490. The van der Waals surface area contributed by atoms with Crippen LogP contribution in [-0.2, 0) is 4.79 Å². The zero-order chi connectivity index (χ0) is 18.4. The molecule has 1 aliphatic rings. The van der Waals surface area contributed by atoms with Crippen molar-refractivity contribution in [1.29, 1.82) is 0 Å². The summed E-state index contributed by atoms with van der Waals surface area (Å²) < 4.78 is 0. The summed E-state index contributed by atoms with van der Waals surface area (Å²) >= 11 is 0. The van der Waals surface area contributed by atoms with E-state index >= 15 is 0 Å². The van der Waals surface area contributed by atoms with E-state index in [-0.39, 0.29) is 32.0 Å². The molecule has 0 bridgehead atoms. The third-order valence-electron chi connectivity index (χ3n) is 4.76. The quantitative estimate of drug-likeness (QED) is 0.622. The van der Waals surface area contributed by atoms with Crippen LogP contribution in [-0.4, -0.2) is 57.0 Å². The van der Waals surface area contributed by atoms with Crippen molar-refractivity contribution >= 4 is 12.0 Å². The smallest absolute Gasteiger partial charge is 0.407 e. The molecule has 3 atom stereocenters. The van der Waals surface area contributed by atoms with Crippen LogP contribution in [0, 0.1) is 0 Å². The molecule has 1 aromatic carbocycles. The zero-order valence-corrected chi connectivity index (χ0v) is 14.4. The number of carbonyl (C=O) groups excluding carboxylic acids is 1. The lowest BCUT2D eigenvalue weighted by Crippen LogP contribution is -2.58. The topological polar surface area (TPSA) is 110 Å². The molecule has 3 unspecified atom stereocenters. The van der Waals surface area contributed by atoms with E-state index in [9.17, 15) is 14.7 Å². The Kier molecular flexibility index (Phi) is 6.39. The molecule has 25 heavy (non-hydrogen) atoms. The van der Waals surface area contributed by atoms with E-state index < -0.39 is 23.6 Å². The fourth-order valence-electron chi connectivity index (χ4n) is 3.31. The Balaban J connectivity index is 2.08. The number of nitrogens with zero attached hydrogens (tertiary/aromatic N) is 1. The number of carboxylic acid groups (broad SMARTS) is 1. The van der Waals surface area contributed by atoms with E-state index in [0.29, 0.717) is 12.8 Å². The maximum Gasteiger partial charge on any atom is 0.407 e. The van der Waals surface area contributed by atoms with Crippen LogP contribution >= 0.6 is 0 Å². The molecule has 7 nitrogen and oxygen atoms in total. The summed E-state index contributed by atoms with van der Waals surface area (Å²) in [5, 5.41) is 31.8. The molecule has 1 fully saturated rings. The lowest BCUT2D eigenvalue weighted by molar-refractivity contribution is -0.147. The highest BCUT2D eigenvalue weighted by atomic mass is 16.4. The van der Waals surface area contributed by atoms with Gasteiger partial charge in [0.15, 0.2) is 0 Å². The minimum absolute atomic E-state index is 0.0219. The average Bonchev–Trinajstić information content (AvgIpc) is 2.58. The number of carbonyl (C=O) groups is 2. The molecular formula is C18H26N2O5. The predicted molar refractivity (Wildman–Crippen MR) is 92.0 cm³/mol. The zero-order valence-electron chi connectivity index (χ0n) is 14.4. The molecule has 2 amide bonds. The molecule has 0 aliphatic carbocycles. The summed E-state index contributed by atoms with van der Waals surface area (Å²) in [6.07, 6.45) is 0.171. The molecule has 1 saturated heterocycles. The van der Waals surface area contributed by atoms with Crippen molar-refractivity contribution in [2.24, 2.45) is 0 Å². The fraction of sp³-hybridized carbons (Fsp3) is 0.556. The highest BCUT2D eigenvalue weighted by molar-refractivity contribution is 5.85. The van der Waals surface area contributed by atoms with Crippen LogP contribution in [0.3, 0.4) is 0 Å². The molecule has 1 aliphatic heterocycles. The van der Waals surface area contributed by atoms with E-state index in [2.05, 4.69) is 5.32 Å². The predicted octanol–water partition coefficient (Wildman–Crippen LogP) is 1.51. The second kappa shape index (κ2) is 8.31. The van der Waals surface area contributed by atoms with Gasteiger partial charge in [0.2, 0.25) is 0 Å². The Morgan fingerprint density at radius 3 is 2.60 bits per heavy atom. The second-order valence-electron chi connectivity index (χ2n) is 6.61. The van der Waals surface area contributed by atoms with Gasteiger partial charge in [-0.1, -0.05) is 30.3 Å². The van der Waals surface area contributed by atoms with Crippen molar-refractivity contribution in [2.75, 3.05) is 13.2 Å². The molecule has 4 N–H and O–H groups in total. The third kappa shape index (κ3) is 4.70. The van der Waals surface area contributed by atoms with Gasteiger partial charge in [-0.25, -0.2) is 4.79 Å².